The summed E-state index contributed by atoms with van der Waals surface area (Å²) in [5, 5.41) is 8.49. The summed E-state index contributed by atoms with van der Waals surface area (Å²) in [7, 11) is 2.03. The first kappa shape index (κ1) is 16.9. The predicted molar refractivity (Wildman–Crippen MR) is 69.5 cm³/mol. The van der Waals surface area contributed by atoms with E-state index in [-0.39, 0.29) is 5.02 Å². The molecular formula is C11H8Cl2O8. The van der Waals surface area contributed by atoms with E-state index in [0.29, 0.717) is 0 Å². The number of carboxylic acid groups (broad SMARTS) is 1. The molecule has 0 radical (unpaired) electrons. The Morgan fingerprint density at radius 1 is 1.05 bits per heavy atom. The Kier molecular flexibility index (Phi) is 5.62. The van der Waals surface area contributed by atoms with Crippen molar-refractivity contribution < 1.29 is 38.4 Å². The lowest BCUT2D eigenvalue weighted by atomic mass is 10.2. The summed E-state index contributed by atoms with van der Waals surface area (Å²) in [6.45, 7) is 0. The second-order valence-corrected chi connectivity index (χ2v) is 4.08. The maximum atomic E-state index is 11.2. The van der Waals surface area contributed by atoms with Crippen LogP contribution in [-0.4, -0.2) is 37.6 Å². The van der Waals surface area contributed by atoms with Crippen molar-refractivity contribution in [3.8, 4) is 11.5 Å². The molecule has 0 bridgehead atoms. The number of aromatic carboxylic acids is 1. The van der Waals surface area contributed by atoms with E-state index in [4.69, 9.17) is 28.3 Å². The molecule has 114 valence electrons. The first-order valence-corrected chi connectivity index (χ1v) is 5.84. The SMILES string of the molecule is COC(=O)Oc1cc(Cl)c(Cl)c(C(=O)O)c1OC(=O)OC. The highest BCUT2D eigenvalue weighted by atomic mass is 35.5. The molecule has 0 unspecified atom stereocenters. The third-order valence-electron chi connectivity index (χ3n) is 2.06. The van der Waals surface area contributed by atoms with E-state index in [1.165, 1.54) is 0 Å². The van der Waals surface area contributed by atoms with Crippen LogP contribution in [0.25, 0.3) is 0 Å². The smallest absolute Gasteiger partial charge is 0.477 e. The van der Waals surface area contributed by atoms with Crippen molar-refractivity contribution in [2.75, 3.05) is 14.2 Å². The van der Waals surface area contributed by atoms with E-state index < -0.39 is 40.4 Å². The van der Waals surface area contributed by atoms with Crippen LogP contribution < -0.4 is 9.47 Å². The van der Waals surface area contributed by atoms with Crippen molar-refractivity contribution in [2.24, 2.45) is 0 Å². The fraction of sp³-hybridized carbons (Fsp3) is 0.182. The van der Waals surface area contributed by atoms with E-state index in [9.17, 15) is 14.4 Å². The maximum absolute atomic E-state index is 11.2. The van der Waals surface area contributed by atoms with Crippen LogP contribution in [0.3, 0.4) is 0 Å². The standard InChI is InChI=1S/C11H8Cl2O8/c1-18-10(16)20-5-3-4(12)7(13)6(9(14)15)8(5)21-11(17)19-2/h3H,1-2H3,(H,14,15). The number of hydrogen-bond acceptors (Lipinski definition) is 7. The number of ether oxygens (including phenoxy) is 4. The Hall–Kier alpha value is -2.19. The van der Waals surface area contributed by atoms with Gasteiger partial charge in [0.2, 0.25) is 0 Å². The molecule has 1 aromatic carbocycles. The van der Waals surface area contributed by atoms with Crippen LogP contribution in [0, 0.1) is 0 Å². The number of methoxy groups -OCH3 is 2. The van der Waals surface area contributed by atoms with Crippen molar-refractivity contribution in [3.05, 3.63) is 21.7 Å². The molecule has 0 saturated heterocycles. The lowest BCUT2D eigenvalue weighted by molar-refractivity contribution is 0.0689. The fourth-order valence-electron chi connectivity index (χ4n) is 1.21. The number of halogens is 2. The van der Waals surface area contributed by atoms with Crippen molar-refractivity contribution in [1.82, 2.24) is 0 Å². The Balaban J connectivity index is 3.49. The number of benzene rings is 1. The Bertz CT molecular complexity index is 598. The van der Waals surface area contributed by atoms with Gasteiger partial charge >= 0.3 is 18.3 Å². The monoisotopic (exact) mass is 338 g/mol. The topological polar surface area (TPSA) is 108 Å². The quantitative estimate of drug-likeness (QED) is 0.661. The highest BCUT2D eigenvalue weighted by molar-refractivity contribution is 6.44. The van der Waals surface area contributed by atoms with Gasteiger partial charge in [-0.1, -0.05) is 23.2 Å². The second kappa shape index (κ2) is 7.00. The molecule has 0 saturated carbocycles. The van der Waals surface area contributed by atoms with Crippen LogP contribution >= 0.6 is 23.2 Å². The van der Waals surface area contributed by atoms with Crippen molar-refractivity contribution in [1.29, 1.82) is 0 Å². The number of carboxylic acids is 1. The molecule has 0 spiro atoms. The minimum atomic E-state index is -1.56. The molecule has 1 aromatic rings. The summed E-state index contributed by atoms with van der Waals surface area (Å²) in [5.41, 5.74) is -0.673. The van der Waals surface area contributed by atoms with E-state index in [2.05, 4.69) is 18.9 Å². The number of carbonyl (C=O) groups excluding carboxylic acids is 2. The summed E-state index contributed by atoms with van der Waals surface area (Å²) in [6.07, 6.45) is -2.43. The molecule has 21 heavy (non-hydrogen) atoms. The zero-order valence-corrected chi connectivity index (χ0v) is 12.2. The Morgan fingerprint density at radius 3 is 2.05 bits per heavy atom. The first-order chi connectivity index (χ1) is 9.81. The van der Waals surface area contributed by atoms with Gasteiger partial charge in [-0.25, -0.2) is 14.4 Å². The highest BCUT2D eigenvalue weighted by Gasteiger charge is 2.27. The maximum Gasteiger partial charge on any atom is 0.513 e. The van der Waals surface area contributed by atoms with Gasteiger partial charge in [0.15, 0.2) is 11.5 Å². The zero-order chi connectivity index (χ0) is 16.2. The van der Waals surface area contributed by atoms with Gasteiger partial charge in [-0.3, -0.25) is 0 Å². The van der Waals surface area contributed by atoms with Gasteiger partial charge in [0.1, 0.15) is 5.56 Å². The normalized spacial score (nSPS) is 9.71. The van der Waals surface area contributed by atoms with Gasteiger partial charge in [0.25, 0.3) is 0 Å². The van der Waals surface area contributed by atoms with Crippen LogP contribution in [0.5, 0.6) is 11.5 Å². The van der Waals surface area contributed by atoms with E-state index in [0.717, 1.165) is 20.3 Å². The first-order valence-electron chi connectivity index (χ1n) is 5.08. The van der Waals surface area contributed by atoms with Gasteiger partial charge in [-0.15, -0.1) is 0 Å². The molecule has 0 aromatic heterocycles. The minimum absolute atomic E-state index is 0.231. The van der Waals surface area contributed by atoms with Crippen molar-refractivity contribution in [2.45, 2.75) is 0 Å². The van der Waals surface area contributed by atoms with E-state index >= 15 is 0 Å². The molecule has 0 amide bonds. The minimum Gasteiger partial charge on any atom is -0.477 e. The molecular weight excluding hydrogens is 331 g/mol. The molecule has 0 aliphatic carbocycles. The summed E-state index contributed by atoms with van der Waals surface area (Å²) < 4.78 is 17.8. The van der Waals surface area contributed by atoms with Gasteiger partial charge in [-0.2, -0.15) is 0 Å². The lowest BCUT2D eigenvalue weighted by Gasteiger charge is -2.13. The second-order valence-electron chi connectivity index (χ2n) is 3.29. The third kappa shape index (κ3) is 3.89. The highest BCUT2D eigenvalue weighted by Crippen LogP contribution is 2.41. The predicted octanol–water partition coefficient (Wildman–Crippen LogP) is 2.98. The van der Waals surface area contributed by atoms with E-state index in [1.54, 1.807) is 0 Å². The zero-order valence-electron chi connectivity index (χ0n) is 10.6. The van der Waals surface area contributed by atoms with Gasteiger partial charge in [0, 0.05) is 6.07 Å². The van der Waals surface area contributed by atoms with Crippen LogP contribution in [-0.2, 0) is 9.47 Å². The summed E-state index contributed by atoms with van der Waals surface area (Å²) in [6, 6.07) is 0.992. The molecule has 1 N–H and O–H groups in total. The molecule has 0 aliphatic heterocycles. The molecule has 0 atom stereocenters. The molecule has 0 aliphatic rings. The van der Waals surface area contributed by atoms with Crippen LogP contribution in [0.15, 0.2) is 6.07 Å². The van der Waals surface area contributed by atoms with Crippen LogP contribution in [0.1, 0.15) is 10.4 Å². The Morgan fingerprint density at radius 2 is 1.57 bits per heavy atom. The van der Waals surface area contributed by atoms with E-state index in [1.807, 2.05) is 0 Å². The van der Waals surface area contributed by atoms with Crippen molar-refractivity contribution in [3.63, 3.8) is 0 Å². The van der Waals surface area contributed by atoms with Gasteiger partial charge in [-0.05, 0) is 0 Å². The molecule has 10 heteroatoms. The summed E-state index contributed by atoms with van der Waals surface area (Å²) in [5.74, 6) is -2.68. The van der Waals surface area contributed by atoms with Gasteiger partial charge in [0.05, 0.1) is 24.3 Å². The third-order valence-corrected chi connectivity index (χ3v) is 2.85. The molecule has 8 nitrogen and oxygen atoms in total. The summed E-state index contributed by atoms with van der Waals surface area (Å²) >= 11 is 11.5. The average Bonchev–Trinajstić information content (AvgIpc) is 2.43. The average molecular weight is 339 g/mol. The van der Waals surface area contributed by atoms with Gasteiger partial charge < -0.3 is 24.1 Å². The van der Waals surface area contributed by atoms with Crippen LogP contribution in [0.2, 0.25) is 10.0 Å². The Labute approximate surface area is 128 Å². The van der Waals surface area contributed by atoms with Crippen LogP contribution in [0.4, 0.5) is 9.59 Å². The fourth-order valence-corrected chi connectivity index (χ4v) is 1.63. The number of carbonyl (C=O) groups is 3. The van der Waals surface area contributed by atoms with Crippen molar-refractivity contribution >= 4 is 41.5 Å². The molecule has 0 fully saturated rings. The lowest BCUT2D eigenvalue weighted by Crippen LogP contribution is -2.15. The number of rotatable bonds is 3. The number of hydrogen-bond donors (Lipinski definition) is 1. The molecule has 0 heterocycles. The molecule has 1 rings (SSSR count). The summed E-state index contributed by atoms with van der Waals surface area (Å²) in [4.78, 5) is 33.5. The largest absolute Gasteiger partial charge is 0.513 e.